The van der Waals surface area contributed by atoms with Crippen LogP contribution in [-0.2, 0) is 9.47 Å². The minimum atomic E-state index is 0.352. The molecule has 3 rings (SSSR count). The lowest BCUT2D eigenvalue weighted by atomic mass is 9.91. The van der Waals surface area contributed by atoms with Crippen molar-refractivity contribution >= 4 is 0 Å². The fourth-order valence-electron chi connectivity index (χ4n) is 3.47. The SMILES string of the molecule is CC(C)O[C@H]1C[C@H](OC2CCN(CC3CNC3)CC2)C1. The molecular formula is C16H30N2O2. The van der Waals surface area contributed by atoms with E-state index in [4.69, 9.17) is 9.47 Å². The summed E-state index contributed by atoms with van der Waals surface area (Å²) in [5.74, 6) is 0.896. The zero-order valence-electron chi connectivity index (χ0n) is 13.0. The highest BCUT2D eigenvalue weighted by Crippen LogP contribution is 2.30. The number of likely N-dealkylation sites (tertiary alicyclic amines) is 1. The third kappa shape index (κ3) is 3.94. The summed E-state index contributed by atoms with van der Waals surface area (Å²) < 4.78 is 12.0. The first-order valence-corrected chi connectivity index (χ1v) is 8.43. The molecule has 0 unspecified atom stereocenters. The van der Waals surface area contributed by atoms with Crippen LogP contribution in [-0.4, -0.2) is 62.0 Å². The first-order chi connectivity index (χ1) is 9.69. The number of ether oxygens (including phenoxy) is 2. The van der Waals surface area contributed by atoms with Crippen LogP contribution in [0.15, 0.2) is 0 Å². The first kappa shape index (κ1) is 14.8. The Kier molecular flexibility index (Phi) is 4.97. The van der Waals surface area contributed by atoms with Gasteiger partial charge in [-0.1, -0.05) is 0 Å². The van der Waals surface area contributed by atoms with E-state index in [1.165, 1.54) is 45.6 Å². The van der Waals surface area contributed by atoms with E-state index in [9.17, 15) is 0 Å². The highest BCUT2D eigenvalue weighted by atomic mass is 16.5. The molecule has 0 atom stereocenters. The molecule has 0 radical (unpaired) electrons. The van der Waals surface area contributed by atoms with Crippen LogP contribution in [0.4, 0.5) is 0 Å². The van der Waals surface area contributed by atoms with Crippen LogP contribution in [0.5, 0.6) is 0 Å². The van der Waals surface area contributed by atoms with Crippen molar-refractivity contribution in [2.45, 2.75) is 63.9 Å². The van der Waals surface area contributed by atoms with E-state index in [0.29, 0.717) is 24.4 Å². The quantitative estimate of drug-likeness (QED) is 0.803. The molecule has 3 aliphatic rings. The molecule has 1 saturated carbocycles. The second-order valence-electron chi connectivity index (χ2n) is 7.06. The highest BCUT2D eigenvalue weighted by Gasteiger charge is 2.34. The average Bonchev–Trinajstić information content (AvgIpc) is 2.32. The molecule has 4 nitrogen and oxygen atoms in total. The monoisotopic (exact) mass is 282 g/mol. The molecular weight excluding hydrogens is 252 g/mol. The van der Waals surface area contributed by atoms with Gasteiger partial charge in [0, 0.05) is 32.7 Å². The number of hydrogen-bond acceptors (Lipinski definition) is 4. The second-order valence-corrected chi connectivity index (χ2v) is 7.06. The van der Waals surface area contributed by atoms with Crippen molar-refractivity contribution in [1.29, 1.82) is 0 Å². The summed E-state index contributed by atoms with van der Waals surface area (Å²) in [5, 5.41) is 3.36. The van der Waals surface area contributed by atoms with Crippen molar-refractivity contribution in [2.24, 2.45) is 5.92 Å². The zero-order valence-corrected chi connectivity index (χ0v) is 13.0. The van der Waals surface area contributed by atoms with Crippen LogP contribution in [0.1, 0.15) is 39.5 Å². The molecule has 3 fully saturated rings. The topological polar surface area (TPSA) is 33.7 Å². The Balaban J connectivity index is 1.27. The van der Waals surface area contributed by atoms with Gasteiger partial charge < -0.3 is 19.7 Å². The van der Waals surface area contributed by atoms with E-state index in [1.807, 2.05) is 0 Å². The fraction of sp³-hybridized carbons (Fsp3) is 1.00. The fourth-order valence-corrected chi connectivity index (χ4v) is 3.47. The molecule has 0 amide bonds. The van der Waals surface area contributed by atoms with E-state index >= 15 is 0 Å². The van der Waals surface area contributed by atoms with Crippen molar-refractivity contribution in [3.05, 3.63) is 0 Å². The molecule has 2 heterocycles. The predicted molar refractivity (Wildman–Crippen MR) is 79.9 cm³/mol. The largest absolute Gasteiger partial charge is 0.375 e. The van der Waals surface area contributed by atoms with Crippen LogP contribution < -0.4 is 5.32 Å². The molecule has 116 valence electrons. The van der Waals surface area contributed by atoms with Crippen molar-refractivity contribution < 1.29 is 9.47 Å². The smallest absolute Gasteiger partial charge is 0.0628 e. The molecule has 0 aromatic carbocycles. The summed E-state index contributed by atoms with van der Waals surface area (Å²) in [5.41, 5.74) is 0. The van der Waals surface area contributed by atoms with Gasteiger partial charge in [0.05, 0.1) is 24.4 Å². The van der Waals surface area contributed by atoms with Crippen molar-refractivity contribution in [3.8, 4) is 0 Å². The number of nitrogens with one attached hydrogen (secondary N) is 1. The van der Waals surface area contributed by atoms with Crippen LogP contribution in [0.3, 0.4) is 0 Å². The number of piperidine rings is 1. The van der Waals surface area contributed by atoms with Crippen LogP contribution in [0.25, 0.3) is 0 Å². The predicted octanol–water partition coefficient (Wildman–Crippen LogP) is 1.64. The maximum Gasteiger partial charge on any atom is 0.0628 e. The van der Waals surface area contributed by atoms with Gasteiger partial charge in [0.15, 0.2) is 0 Å². The summed E-state index contributed by atoms with van der Waals surface area (Å²) in [7, 11) is 0. The molecule has 4 heteroatoms. The Morgan fingerprint density at radius 3 is 2.30 bits per heavy atom. The maximum atomic E-state index is 6.21. The lowest BCUT2D eigenvalue weighted by Gasteiger charge is -2.41. The van der Waals surface area contributed by atoms with Gasteiger partial charge >= 0.3 is 0 Å². The summed E-state index contributed by atoms with van der Waals surface area (Å²) >= 11 is 0. The molecule has 2 aliphatic heterocycles. The number of hydrogen-bond donors (Lipinski definition) is 1. The average molecular weight is 282 g/mol. The molecule has 2 saturated heterocycles. The Labute approximate surface area is 123 Å². The summed E-state index contributed by atoms with van der Waals surface area (Å²) in [6.07, 6.45) is 6.40. The lowest BCUT2D eigenvalue weighted by molar-refractivity contribution is -0.146. The van der Waals surface area contributed by atoms with Gasteiger partial charge in [-0.15, -0.1) is 0 Å². The third-order valence-electron chi connectivity index (χ3n) is 4.82. The molecule has 0 spiro atoms. The van der Waals surface area contributed by atoms with Crippen molar-refractivity contribution in [2.75, 3.05) is 32.7 Å². The molecule has 0 bridgehead atoms. The Hall–Kier alpha value is -0.160. The van der Waals surface area contributed by atoms with Crippen LogP contribution >= 0.6 is 0 Å². The Bertz CT molecular complexity index is 293. The third-order valence-corrected chi connectivity index (χ3v) is 4.82. The summed E-state index contributed by atoms with van der Waals surface area (Å²) in [6, 6.07) is 0. The highest BCUT2D eigenvalue weighted by molar-refractivity contribution is 4.85. The lowest BCUT2D eigenvalue weighted by Crippen LogP contribution is -2.50. The zero-order chi connectivity index (χ0) is 13.9. The first-order valence-electron chi connectivity index (χ1n) is 8.43. The van der Waals surface area contributed by atoms with Crippen molar-refractivity contribution in [1.82, 2.24) is 10.2 Å². The van der Waals surface area contributed by atoms with Gasteiger partial charge in [0.25, 0.3) is 0 Å². The van der Waals surface area contributed by atoms with E-state index in [-0.39, 0.29) is 0 Å². The molecule has 0 aromatic heterocycles. The molecule has 1 N–H and O–H groups in total. The van der Waals surface area contributed by atoms with Crippen molar-refractivity contribution in [3.63, 3.8) is 0 Å². The van der Waals surface area contributed by atoms with Gasteiger partial charge in [0.2, 0.25) is 0 Å². The van der Waals surface area contributed by atoms with Gasteiger partial charge in [-0.05, 0) is 45.4 Å². The Morgan fingerprint density at radius 2 is 1.75 bits per heavy atom. The van der Waals surface area contributed by atoms with Crippen LogP contribution in [0, 0.1) is 5.92 Å². The Morgan fingerprint density at radius 1 is 1.05 bits per heavy atom. The number of rotatable bonds is 6. The van der Waals surface area contributed by atoms with Gasteiger partial charge in [-0.25, -0.2) is 0 Å². The summed E-state index contributed by atoms with van der Waals surface area (Å²) in [6.45, 7) is 10.4. The maximum absolute atomic E-state index is 6.21. The molecule has 20 heavy (non-hydrogen) atoms. The van der Waals surface area contributed by atoms with E-state index in [0.717, 1.165) is 18.8 Å². The van der Waals surface area contributed by atoms with E-state index in [1.54, 1.807) is 0 Å². The molecule has 0 aromatic rings. The van der Waals surface area contributed by atoms with Gasteiger partial charge in [-0.2, -0.15) is 0 Å². The van der Waals surface area contributed by atoms with Gasteiger partial charge in [-0.3, -0.25) is 0 Å². The normalized spacial score (nSPS) is 33.1. The standard InChI is InChI=1S/C16H30N2O2/c1-12(2)19-15-7-16(8-15)20-14-3-5-18(6-4-14)11-13-9-17-10-13/h12-17H,3-11H2,1-2H3/t15-,16-. The van der Waals surface area contributed by atoms with Crippen LogP contribution in [0.2, 0.25) is 0 Å². The van der Waals surface area contributed by atoms with E-state index in [2.05, 4.69) is 24.1 Å². The minimum absolute atomic E-state index is 0.352. The second kappa shape index (κ2) is 6.73. The molecule has 1 aliphatic carbocycles. The van der Waals surface area contributed by atoms with Gasteiger partial charge in [0.1, 0.15) is 0 Å². The number of nitrogens with zero attached hydrogens (tertiary/aromatic N) is 1. The summed E-state index contributed by atoms with van der Waals surface area (Å²) in [4.78, 5) is 2.62. The van der Waals surface area contributed by atoms with E-state index < -0.39 is 0 Å². The minimum Gasteiger partial charge on any atom is -0.375 e.